The van der Waals surface area contributed by atoms with Gasteiger partial charge in [0.1, 0.15) is 0 Å². The topological polar surface area (TPSA) is 23.6 Å². The molecule has 0 spiro atoms. The van der Waals surface area contributed by atoms with Gasteiger partial charge in [0, 0.05) is 25.3 Å². The van der Waals surface area contributed by atoms with Gasteiger partial charge in [0.05, 0.1) is 6.04 Å². The fourth-order valence-electron chi connectivity index (χ4n) is 3.45. The molecule has 0 N–H and O–H groups in total. The fourth-order valence-corrected chi connectivity index (χ4v) is 3.45. The van der Waals surface area contributed by atoms with E-state index >= 15 is 0 Å². The summed E-state index contributed by atoms with van der Waals surface area (Å²) in [6.45, 7) is 8.80. The average Bonchev–Trinajstić information content (AvgIpc) is 2.61. The normalized spacial score (nSPS) is 18.9. The van der Waals surface area contributed by atoms with Crippen molar-refractivity contribution in [3.8, 4) is 0 Å². The van der Waals surface area contributed by atoms with Gasteiger partial charge in [-0.15, -0.1) is 0 Å². The smallest absolute Gasteiger partial charge is 0.244 e. The Morgan fingerprint density at radius 2 is 1.67 bits per heavy atom. The van der Waals surface area contributed by atoms with Crippen molar-refractivity contribution in [2.45, 2.75) is 39.8 Å². The summed E-state index contributed by atoms with van der Waals surface area (Å²) in [7, 11) is 0. The fraction of sp³-hybridized carbons (Fsp3) is 0.381. The highest BCUT2D eigenvalue weighted by molar-refractivity contribution is 5.98. The second-order valence-electron chi connectivity index (χ2n) is 6.55. The first-order chi connectivity index (χ1) is 11.6. The van der Waals surface area contributed by atoms with Crippen LogP contribution in [-0.4, -0.2) is 29.9 Å². The van der Waals surface area contributed by atoms with E-state index in [0.717, 1.165) is 31.7 Å². The molecule has 0 aromatic heterocycles. The summed E-state index contributed by atoms with van der Waals surface area (Å²) < 4.78 is 0. The van der Waals surface area contributed by atoms with Gasteiger partial charge < -0.3 is 4.90 Å². The van der Waals surface area contributed by atoms with Crippen LogP contribution in [0.2, 0.25) is 0 Å². The quantitative estimate of drug-likeness (QED) is 0.855. The monoisotopic (exact) mass is 322 g/mol. The Labute approximate surface area is 144 Å². The molecule has 0 bridgehead atoms. The molecule has 2 aromatic rings. The average molecular weight is 322 g/mol. The zero-order valence-electron chi connectivity index (χ0n) is 14.8. The van der Waals surface area contributed by atoms with Crippen molar-refractivity contribution in [2.24, 2.45) is 0 Å². The Balaban J connectivity index is 1.78. The largest absolute Gasteiger partial charge is 0.310 e. The molecule has 0 aliphatic carbocycles. The van der Waals surface area contributed by atoms with E-state index in [1.807, 2.05) is 24.0 Å². The summed E-state index contributed by atoms with van der Waals surface area (Å²) in [5, 5.41) is 0. The molecule has 3 rings (SSSR count). The van der Waals surface area contributed by atoms with Gasteiger partial charge in [-0.05, 0) is 43.0 Å². The number of hydrogen-bond acceptors (Lipinski definition) is 2. The molecule has 1 fully saturated rings. The number of nitrogens with zero attached hydrogens (tertiary/aromatic N) is 2. The van der Waals surface area contributed by atoms with Gasteiger partial charge in [-0.1, -0.05) is 49.4 Å². The van der Waals surface area contributed by atoms with E-state index in [0.29, 0.717) is 0 Å². The zero-order chi connectivity index (χ0) is 17.1. The van der Waals surface area contributed by atoms with Crippen molar-refractivity contribution in [3.63, 3.8) is 0 Å². The first kappa shape index (κ1) is 16.7. The van der Waals surface area contributed by atoms with Crippen molar-refractivity contribution in [1.29, 1.82) is 0 Å². The second-order valence-corrected chi connectivity index (χ2v) is 6.55. The van der Waals surface area contributed by atoms with E-state index in [1.165, 1.54) is 16.7 Å². The summed E-state index contributed by atoms with van der Waals surface area (Å²) in [6, 6.07) is 16.6. The van der Waals surface area contributed by atoms with E-state index in [9.17, 15) is 4.79 Å². The molecule has 0 radical (unpaired) electrons. The molecule has 2 aromatic carbocycles. The minimum Gasteiger partial charge on any atom is -0.310 e. The van der Waals surface area contributed by atoms with Crippen LogP contribution in [0.3, 0.4) is 0 Å². The minimum atomic E-state index is -0.0942. The molecule has 3 heteroatoms. The van der Waals surface area contributed by atoms with Crippen LogP contribution in [0.1, 0.15) is 30.5 Å². The molecule has 1 atom stereocenters. The lowest BCUT2D eigenvalue weighted by atomic mass is 10.0. The highest BCUT2D eigenvalue weighted by Crippen LogP contribution is 2.26. The van der Waals surface area contributed by atoms with Gasteiger partial charge in [0.2, 0.25) is 5.91 Å². The van der Waals surface area contributed by atoms with E-state index in [-0.39, 0.29) is 11.9 Å². The van der Waals surface area contributed by atoms with Crippen molar-refractivity contribution >= 4 is 11.6 Å². The molecule has 1 unspecified atom stereocenters. The van der Waals surface area contributed by atoms with Gasteiger partial charge in [-0.3, -0.25) is 9.69 Å². The number of anilines is 1. The molecule has 1 aliphatic heterocycles. The number of benzene rings is 2. The second kappa shape index (κ2) is 7.18. The number of amides is 1. The molecule has 1 amide bonds. The third-order valence-corrected chi connectivity index (χ3v) is 5.08. The molecule has 1 aliphatic rings. The maximum Gasteiger partial charge on any atom is 0.244 e. The molecular weight excluding hydrogens is 296 g/mol. The van der Waals surface area contributed by atoms with Crippen LogP contribution in [-0.2, 0) is 17.8 Å². The minimum absolute atomic E-state index is 0.0942. The molecular formula is C21H26N2O. The highest BCUT2D eigenvalue weighted by atomic mass is 16.2. The lowest BCUT2D eigenvalue weighted by molar-refractivity contribution is -0.125. The van der Waals surface area contributed by atoms with Crippen LogP contribution < -0.4 is 4.90 Å². The standard InChI is InChI=1S/C21H26N2O/c1-4-18-10-7-8-12-20(18)23-14-13-22(17(3)21(23)24)15-19-11-6-5-9-16(19)2/h5-12,17H,4,13-15H2,1-3H3. The number of piperazine rings is 1. The summed E-state index contributed by atoms with van der Waals surface area (Å²) in [5.74, 6) is 0.204. The first-order valence-electron chi connectivity index (χ1n) is 8.79. The summed E-state index contributed by atoms with van der Waals surface area (Å²) in [5.41, 5.74) is 4.91. The van der Waals surface area contributed by atoms with E-state index in [4.69, 9.17) is 0 Å². The Hall–Kier alpha value is -2.13. The molecule has 0 saturated carbocycles. The van der Waals surface area contributed by atoms with Gasteiger partial charge in [0.25, 0.3) is 0 Å². The van der Waals surface area contributed by atoms with Crippen LogP contribution in [0, 0.1) is 6.92 Å². The van der Waals surface area contributed by atoms with Gasteiger partial charge in [0.15, 0.2) is 0 Å². The van der Waals surface area contributed by atoms with Gasteiger partial charge >= 0.3 is 0 Å². The number of rotatable bonds is 4. The van der Waals surface area contributed by atoms with Crippen molar-refractivity contribution in [1.82, 2.24) is 4.90 Å². The van der Waals surface area contributed by atoms with Crippen molar-refractivity contribution < 1.29 is 4.79 Å². The summed E-state index contributed by atoms with van der Waals surface area (Å²) >= 11 is 0. The summed E-state index contributed by atoms with van der Waals surface area (Å²) in [6.07, 6.45) is 0.946. The van der Waals surface area contributed by atoms with E-state index in [1.54, 1.807) is 0 Å². The Morgan fingerprint density at radius 3 is 2.38 bits per heavy atom. The van der Waals surface area contributed by atoms with Gasteiger partial charge in [-0.25, -0.2) is 0 Å². The summed E-state index contributed by atoms with van der Waals surface area (Å²) in [4.78, 5) is 17.2. The van der Waals surface area contributed by atoms with Gasteiger partial charge in [-0.2, -0.15) is 0 Å². The lowest BCUT2D eigenvalue weighted by Crippen LogP contribution is -2.55. The van der Waals surface area contributed by atoms with Crippen LogP contribution in [0.5, 0.6) is 0 Å². The predicted octanol–water partition coefficient (Wildman–Crippen LogP) is 3.79. The zero-order valence-corrected chi connectivity index (χ0v) is 14.8. The molecule has 1 saturated heterocycles. The highest BCUT2D eigenvalue weighted by Gasteiger charge is 2.32. The molecule has 126 valence electrons. The third kappa shape index (κ3) is 3.22. The van der Waals surface area contributed by atoms with Crippen LogP contribution >= 0.6 is 0 Å². The number of para-hydroxylation sites is 1. The maximum absolute atomic E-state index is 13.0. The number of carbonyl (C=O) groups is 1. The Kier molecular flexibility index (Phi) is 5.00. The maximum atomic E-state index is 13.0. The van der Waals surface area contributed by atoms with Crippen LogP contribution in [0.15, 0.2) is 48.5 Å². The Morgan fingerprint density at radius 1 is 1.00 bits per heavy atom. The molecule has 24 heavy (non-hydrogen) atoms. The van der Waals surface area contributed by atoms with Crippen molar-refractivity contribution in [2.75, 3.05) is 18.0 Å². The SMILES string of the molecule is CCc1ccccc1N1CCN(Cc2ccccc2C)C(C)C1=O. The first-order valence-corrected chi connectivity index (χ1v) is 8.79. The molecule has 1 heterocycles. The third-order valence-electron chi connectivity index (χ3n) is 5.08. The Bertz CT molecular complexity index is 725. The van der Waals surface area contributed by atoms with Crippen LogP contribution in [0.4, 0.5) is 5.69 Å². The number of hydrogen-bond donors (Lipinski definition) is 0. The predicted molar refractivity (Wildman–Crippen MR) is 99.2 cm³/mol. The van der Waals surface area contributed by atoms with Crippen molar-refractivity contribution in [3.05, 3.63) is 65.2 Å². The molecule has 3 nitrogen and oxygen atoms in total. The van der Waals surface area contributed by atoms with E-state index in [2.05, 4.69) is 55.1 Å². The number of aryl methyl sites for hydroxylation is 2. The van der Waals surface area contributed by atoms with E-state index < -0.39 is 0 Å². The lowest BCUT2D eigenvalue weighted by Gasteiger charge is -2.40. The number of carbonyl (C=O) groups excluding carboxylic acids is 1. The van der Waals surface area contributed by atoms with Crippen LogP contribution in [0.25, 0.3) is 0 Å².